The summed E-state index contributed by atoms with van der Waals surface area (Å²) in [6.45, 7) is 3.85. The Morgan fingerprint density at radius 1 is 1.57 bits per heavy atom. The maximum absolute atomic E-state index is 11.9. The van der Waals surface area contributed by atoms with Gasteiger partial charge in [-0.25, -0.2) is 8.80 Å². The van der Waals surface area contributed by atoms with Gasteiger partial charge in [0.15, 0.2) is 0 Å². The number of nitrogens with one attached hydrogen (secondary N) is 1. The zero-order valence-electron chi connectivity index (χ0n) is 8.62. The molecule has 1 N–H and O–H groups in total. The molecule has 0 amide bonds. The Hall–Kier alpha value is 0.520. The normalized spacial score (nSPS) is 12.1. The summed E-state index contributed by atoms with van der Waals surface area (Å²) in [5.74, 6) is 0. The number of nitrogens with zero attached hydrogens (tertiary/aromatic N) is 1. The largest absolute Gasteiger partial charge is 0.316 e. The number of hydrogen-bond acceptors (Lipinski definition) is 4. The lowest BCUT2D eigenvalue weighted by atomic mass is 10.7. The SMILES string of the molecule is CCP(=S)(CC)N(C)SNCC(=O)F. The van der Waals surface area contributed by atoms with Gasteiger partial charge in [-0.05, 0) is 12.3 Å². The summed E-state index contributed by atoms with van der Waals surface area (Å²) in [7, 11) is 1.88. The first-order chi connectivity index (χ1) is 6.46. The second kappa shape index (κ2) is 6.90. The van der Waals surface area contributed by atoms with Gasteiger partial charge in [0.1, 0.15) is 0 Å². The van der Waals surface area contributed by atoms with Gasteiger partial charge >= 0.3 is 6.04 Å². The Morgan fingerprint density at radius 3 is 2.43 bits per heavy atom. The Bertz CT molecular complexity index is 232. The highest BCUT2D eigenvalue weighted by Gasteiger charge is 2.18. The molecule has 0 saturated carbocycles. The van der Waals surface area contributed by atoms with Crippen LogP contribution in [-0.2, 0) is 16.6 Å². The number of carbonyl (C=O) groups is 1. The second-order valence-electron chi connectivity index (χ2n) is 2.71. The Balaban J connectivity index is 4.00. The fourth-order valence-electron chi connectivity index (χ4n) is 0.879. The van der Waals surface area contributed by atoms with E-state index in [0.29, 0.717) is 0 Å². The number of rotatable bonds is 7. The molecular formula is C7H16FN2OPS2. The van der Waals surface area contributed by atoms with Crippen LogP contribution in [0.5, 0.6) is 0 Å². The predicted molar refractivity (Wildman–Crippen MR) is 64.8 cm³/mol. The molecule has 0 rings (SSSR count). The van der Waals surface area contributed by atoms with Crippen molar-refractivity contribution in [1.82, 2.24) is 8.80 Å². The summed E-state index contributed by atoms with van der Waals surface area (Å²) in [4.78, 5) is 10.0. The molecule has 0 aliphatic rings. The topological polar surface area (TPSA) is 32.3 Å². The number of carbonyl (C=O) groups excluding carboxylic acids is 1. The second-order valence-corrected chi connectivity index (χ2v) is 9.60. The lowest BCUT2D eigenvalue weighted by Crippen LogP contribution is -2.20. The Morgan fingerprint density at radius 2 is 2.07 bits per heavy atom. The van der Waals surface area contributed by atoms with E-state index in [1.165, 1.54) is 12.1 Å². The molecule has 0 aromatic rings. The number of hydrogen-bond donors (Lipinski definition) is 1. The van der Waals surface area contributed by atoms with Gasteiger partial charge in [-0.1, -0.05) is 25.7 Å². The molecule has 0 radical (unpaired) electrons. The standard InChI is InChI=1S/C7H16FN2OPS2/c1-4-12(13,5-2)10(3)14-9-6-7(8)11/h9H,4-6H2,1-3H3. The van der Waals surface area contributed by atoms with Crippen molar-refractivity contribution in [2.45, 2.75) is 13.8 Å². The highest BCUT2D eigenvalue weighted by molar-refractivity contribution is 8.18. The van der Waals surface area contributed by atoms with Crippen molar-refractivity contribution >= 4 is 36.2 Å². The third-order valence-electron chi connectivity index (χ3n) is 1.91. The summed E-state index contributed by atoms with van der Waals surface area (Å²) in [5, 5.41) is 0. The molecule has 0 aliphatic heterocycles. The van der Waals surface area contributed by atoms with E-state index in [1.807, 2.05) is 11.1 Å². The third-order valence-corrected chi connectivity index (χ3v) is 9.23. The summed E-state index contributed by atoms with van der Waals surface area (Å²) < 4.78 is 16.4. The van der Waals surface area contributed by atoms with Gasteiger partial charge in [0.05, 0.1) is 6.54 Å². The molecule has 84 valence electrons. The minimum atomic E-state index is -1.50. The van der Waals surface area contributed by atoms with Gasteiger partial charge in [-0.15, -0.1) is 0 Å². The van der Waals surface area contributed by atoms with Crippen molar-refractivity contribution in [2.24, 2.45) is 0 Å². The minimum Gasteiger partial charge on any atom is -0.260 e. The molecule has 0 bridgehead atoms. The van der Waals surface area contributed by atoms with Crippen LogP contribution in [0.1, 0.15) is 13.8 Å². The van der Waals surface area contributed by atoms with Crippen molar-refractivity contribution in [3.63, 3.8) is 0 Å². The minimum absolute atomic E-state index is 0.266. The highest BCUT2D eigenvalue weighted by atomic mass is 32.4. The van der Waals surface area contributed by atoms with E-state index in [2.05, 4.69) is 18.6 Å². The molecule has 0 spiro atoms. The van der Waals surface area contributed by atoms with E-state index in [0.717, 1.165) is 12.3 Å². The quantitative estimate of drug-likeness (QED) is 0.429. The van der Waals surface area contributed by atoms with Gasteiger partial charge in [0.25, 0.3) is 0 Å². The first kappa shape index (κ1) is 14.5. The molecule has 3 nitrogen and oxygen atoms in total. The van der Waals surface area contributed by atoms with Crippen LogP contribution in [0.3, 0.4) is 0 Å². The van der Waals surface area contributed by atoms with E-state index < -0.39 is 12.2 Å². The van der Waals surface area contributed by atoms with Crippen molar-refractivity contribution in [3.8, 4) is 0 Å². The zero-order chi connectivity index (χ0) is 11.2. The van der Waals surface area contributed by atoms with Gasteiger partial charge in [-0.2, -0.15) is 4.39 Å². The maximum Gasteiger partial charge on any atom is 0.316 e. The van der Waals surface area contributed by atoms with Crippen LogP contribution < -0.4 is 4.72 Å². The molecule has 7 heteroatoms. The first-order valence-corrected chi connectivity index (χ1v) is 8.26. The molecule has 0 unspecified atom stereocenters. The Labute approximate surface area is 94.1 Å². The first-order valence-electron chi connectivity index (χ1n) is 4.36. The smallest absolute Gasteiger partial charge is 0.260 e. The van der Waals surface area contributed by atoms with E-state index >= 15 is 0 Å². The molecule has 0 aromatic heterocycles. The zero-order valence-corrected chi connectivity index (χ0v) is 11.1. The van der Waals surface area contributed by atoms with E-state index in [4.69, 9.17) is 11.8 Å². The average molecular weight is 258 g/mol. The molecule has 0 aromatic carbocycles. The molecule has 14 heavy (non-hydrogen) atoms. The van der Waals surface area contributed by atoms with E-state index in [1.54, 1.807) is 0 Å². The molecule has 0 atom stereocenters. The van der Waals surface area contributed by atoms with E-state index in [9.17, 15) is 9.18 Å². The van der Waals surface area contributed by atoms with Crippen LogP contribution >= 0.6 is 18.3 Å². The van der Waals surface area contributed by atoms with Gasteiger partial charge < -0.3 is 0 Å². The van der Waals surface area contributed by atoms with E-state index in [-0.39, 0.29) is 6.54 Å². The predicted octanol–water partition coefficient (Wildman–Crippen LogP) is 2.00. The molecule has 0 aliphatic carbocycles. The average Bonchev–Trinajstić information content (AvgIpc) is 2.15. The maximum atomic E-state index is 11.9. The van der Waals surface area contributed by atoms with Crippen molar-refractivity contribution < 1.29 is 9.18 Å². The molecule has 0 heterocycles. The molecule has 0 saturated heterocycles. The van der Waals surface area contributed by atoms with Crippen LogP contribution in [0.4, 0.5) is 4.39 Å². The molecule has 0 fully saturated rings. The fraction of sp³-hybridized carbons (Fsp3) is 0.857. The van der Waals surface area contributed by atoms with Crippen LogP contribution in [0.15, 0.2) is 0 Å². The molecular weight excluding hydrogens is 242 g/mol. The highest BCUT2D eigenvalue weighted by Crippen LogP contribution is 2.50. The monoisotopic (exact) mass is 258 g/mol. The fourth-order valence-corrected chi connectivity index (χ4v) is 4.25. The summed E-state index contributed by atoms with van der Waals surface area (Å²) in [6, 6.07) is -1.35. The lowest BCUT2D eigenvalue weighted by molar-refractivity contribution is -0.127. The summed E-state index contributed by atoms with van der Waals surface area (Å²) in [5.41, 5.74) is 0. The van der Waals surface area contributed by atoms with Gasteiger partial charge in [0, 0.05) is 25.4 Å². The van der Waals surface area contributed by atoms with Crippen LogP contribution in [0, 0.1) is 0 Å². The summed E-state index contributed by atoms with van der Waals surface area (Å²) in [6.07, 6.45) is 0.377. The summed E-state index contributed by atoms with van der Waals surface area (Å²) >= 11 is 6.73. The van der Waals surface area contributed by atoms with Crippen LogP contribution in [0.25, 0.3) is 0 Å². The van der Waals surface area contributed by atoms with Crippen LogP contribution in [-0.4, -0.2) is 36.0 Å². The lowest BCUT2D eigenvalue weighted by Gasteiger charge is -2.28. The van der Waals surface area contributed by atoms with Crippen molar-refractivity contribution in [2.75, 3.05) is 25.9 Å². The van der Waals surface area contributed by atoms with Crippen molar-refractivity contribution in [3.05, 3.63) is 0 Å². The van der Waals surface area contributed by atoms with Gasteiger partial charge in [-0.3, -0.25) is 4.79 Å². The van der Waals surface area contributed by atoms with Crippen LogP contribution in [0.2, 0.25) is 0 Å². The third kappa shape index (κ3) is 4.84. The van der Waals surface area contributed by atoms with Crippen molar-refractivity contribution in [1.29, 1.82) is 0 Å². The van der Waals surface area contributed by atoms with Gasteiger partial charge in [0.2, 0.25) is 0 Å². The Kier molecular flexibility index (Phi) is 7.16. The number of halogens is 1.